The minimum atomic E-state index is -0.309. The van der Waals surface area contributed by atoms with Crippen LogP contribution in [-0.2, 0) is 4.74 Å². The maximum atomic E-state index is 12.7. The number of ketones is 1. The van der Waals surface area contributed by atoms with Crippen LogP contribution in [0.15, 0.2) is 24.3 Å². The Morgan fingerprint density at radius 1 is 1.21 bits per heavy atom. The van der Waals surface area contributed by atoms with Gasteiger partial charge in [0.25, 0.3) is 0 Å². The van der Waals surface area contributed by atoms with Crippen LogP contribution < -0.4 is 0 Å². The van der Waals surface area contributed by atoms with Gasteiger partial charge in [-0.1, -0.05) is 12.8 Å². The third-order valence-electron chi connectivity index (χ3n) is 3.69. The molecular formula is C16H21FO2. The van der Waals surface area contributed by atoms with Gasteiger partial charge in [0.15, 0.2) is 5.78 Å². The zero-order valence-corrected chi connectivity index (χ0v) is 11.2. The molecule has 0 heterocycles. The molecule has 1 aliphatic rings. The Kier molecular flexibility index (Phi) is 5.52. The second kappa shape index (κ2) is 7.39. The van der Waals surface area contributed by atoms with Gasteiger partial charge in [0.05, 0.1) is 0 Å². The third-order valence-corrected chi connectivity index (χ3v) is 3.69. The number of hydrogen-bond donors (Lipinski definition) is 0. The molecule has 0 bridgehead atoms. The Bertz CT molecular complexity index is 394. The molecule has 1 aromatic carbocycles. The maximum Gasteiger partial charge on any atom is 0.162 e. The van der Waals surface area contributed by atoms with Crippen molar-refractivity contribution in [3.05, 3.63) is 35.6 Å². The van der Waals surface area contributed by atoms with E-state index in [-0.39, 0.29) is 11.6 Å². The molecule has 0 saturated heterocycles. The largest absolute Gasteiger partial charge is 0.381 e. The predicted molar refractivity (Wildman–Crippen MR) is 72.7 cm³/mol. The van der Waals surface area contributed by atoms with Gasteiger partial charge in [-0.25, -0.2) is 4.39 Å². The summed E-state index contributed by atoms with van der Waals surface area (Å²) >= 11 is 0. The van der Waals surface area contributed by atoms with E-state index in [1.165, 1.54) is 49.9 Å². The molecule has 0 amide bonds. The summed E-state index contributed by atoms with van der Waals surface area (Å²) in [5.41, 5.74) is 0.581. The van der Waals surface area contributed by atoms with Gasteiger partial charge in [-0.2, -0.15) is 0 Å². The molecule has 0 N–H and O–H groups in total. The molecule has 0 aromatic heterocycles. The minimum Gasteiger partial charge on any atom is -0.381 e. The van der Waals surface area contributed by atoms with Gasteiger partial charge in [0.1, 0.15) is 5.82 Å². The highest BCUT2D eigenvalue weighted by Gasteiger charge is 2.14. The van der Waals surface area contributed by atoms with Crippen molar-refractivity contribution in [3.63, 3.8) is 0 Å². The van der Waals surface area contributed by atoms with E-state index in [0.29, 0.717) is 18.6 Å². The van der Waals surface area contributed by atoms with Crippen LogP contribution in [0.2, 0.25) is 0 Å². The van der Waals surface area contributed by atoms with Crippen LogP contribution in [-0.4, -0.2) is 19.0 Å². The number of hydrogen-bond acceptors (Lipinski definition) is 2. The van der Waals surface area contributed by atoms with E-state index in [4.69, 9.17) is 4.74 Å². The molecule has 0 unspecified atom stereocenters. The first-order valence-corrected chi connectivity index (χ1v) is 7.12. The first-order valence-electron chi connectivity index (χ1n) is 7.12. The average Bonchev–Trinajstić information content (AvgIpc) is 2.92. The fraction of sp³-hybridized carbons (Fsp3) is 0.562. The molecule has 1 aromatic rings. The van der Waals surface area contributed by atoms with Crippen molar-refractivity contribution >= 4 is 5.78 Å². The van der Waals surface area contributed by atoms with Crippen molar-refractivity contribution in [1.82, 2.24) is 0 Å². The Hall–Kier alpha value is -1.22. The van der Waals surface area contributed by atoms with Crippen LogP contribution in [0.4, 0.5) is 4.39 Å². The van der Waals surface area contributed by atoms with Crippen LogP contribution >= 0.6 is 0 Å². The minimum absolute atomic E-state index is 0.0597. The van der Waals surface area contributed by atoms with E-state index >= 15 is 0 Å². The lowest BCUT2D eigenvalue weighted by Crippen LogP contribution is -2.08. The zero-order chi connectivity index (χ0) is 13.5. The summed E-state index contributed by atoms with van der Waals surface area (Å²) in [7, 11) is 0. The molecule has 2 rings (SSSR count). The molecular weight excluding hydrogens is 243 g/mol. The number of carbonyl (C=O) groups is 1. The predicted octanol–water partition coefficient (Wildman–Crippen LogP) is 4.00. The van der Waals surface area contributed by atoms with E-state index in [1.54, 1.807) is 0 Å². The standard InChI is InChI=1S/C16H21FO2/c17-15-9-7-14(8-10-15)16(18)6-3-11-19-12-13-4-1-2-5-13/h7-10,13H,1-6,11-12H2. The number of carbonyl (C=O) groups excluding carboxylic acids is 1. The van der Waals surface area contributed by atoms with E-state index < -0.39 is 0 Å². The van der Waals surface area contributed by atoms with Crippen molar-refractivity contribution in [2.75, 3.05) is 13.2 Å². The number of ether oxygens (including phenoxy) is 1. The summed E-state index contributed by atoms with van der Waals surface area (Å²) in [4.78, 5) is 11.8. The van der Waals surface area contributed by atoms with Gasteiger partial charge < -0.3 is 4.74 Å². The van der Waals surface area contributed by atoms with E-state index in [9.17, 15) is 9.18 Å². The molecule has 1 aliphatic carbocycles. The van der Waals surface area contributed by atoms with Gasteiger partial charge in [-0.15, -0.1) is 0 Å². The molecule has 2 nitrogen and oxygen atoms in total. The summed E-state index contributed by atoms with van der Waals surface area (Å²) in [5, 5.41) is 0. The Morgan fingerprint density at radius 3 is 2.58 bits per heavy atom. The summed E-state index contributed by atoms with van der Waals surface area (Å²) in [5.74, 6) is 0.480. The van der Waals surface area contributed by atoms with E-state index in [2.05, 4.69) is 0 Å². The SMILES string of the molecule is O=C(CCCOCC1CCCC1)c1ccc(F)cc1. The highest BCUT2D eigenvalue weighted by molar-refractivity contribution is 5.95. The van der Waals surface area contributed by atoms with Gasteiger partial charge in [0.2, 0.25) is 0 Å². The monoisotopic (exact) mass is 264 g/mol. The summed E-state index contributed by atoms with van der Waals surface area (Å²) in [6.45, 7) is 1.48. The van der Waals surface area contributed by atoms with E-state index in [1.807, 2.05) is 0 Å². The van der Waals surface area contributed by atoms with Crippen molar-refractivity contribution in [2.24, 2.45) is 5.92 Å². The smallest absolute Gasteiger partial charge is 0.162 e. The summed E-state index contributed by atoms with van der Waals surface area (Å²) in [6.07, 6.45) is 6.44. The number of halogens is 1. The highest BCUT2D eigenvalue weighted by atomic mass is 19.1. The molecule has 0 aliphatic heterocycles. The number of rotatable bonds is 7. The molecule has 3 heteroatoms. The second-order valence-electron chi connectivity index (χ2n) is 5.26. The van der Waals surface area contributed by atoms with Gasteiger partial charge in [-0.05, 0) is 49.4 Å². The molecule has 1 saturated carbocycles. The summed E-state index contributed by atoms with van der Waals surface area (Å²) in [6, 6.07) is 5.72. The normalized spacial score (nSPS) is 15.8. The van der Waals surface area contributed by atoms with Crippen molar-refractivity contribution in [2.45, 2.75) is 38.5 Å². The molecule has 1 fully saturated rings. The molecule has 0 spiro atoms. The lowest BCUT2D eigenvalue weighted by molar-refractivity contribution is 0.0869. The Balaban J connectivity index is 1.59. The Labute approximate surface area is 114 Å². The molecule has 104 valence electrons. The lowest BCUT2D eigenvalue weighted by atomic mass is 10.1. The maximum absolute atomic E-state index is 12.7. The molecule has 0 atom stereocenters. The molecule has 19 heavy (non-hydrogen) atoms. The number of Topliss-reactive ketones (excluding diaryl/α,β-unsaturated/α-hetero) is 1. The van der Waals surface area contributed by atoms with Gasteiger partial charge >= 0.3 is 0 Å². The molecule has 0 radical (unpaired) electrons. The fourth-order valence-electron chi connectivity index (χ4n) is 2.54. The van der Waals surface area contributed by atoms with Crippen molar-refractivity contribution in [3.8, 4) is 0 Å². The number of benzene rings is 1. The van der Waals surface area contributed by atoms with Gasteiger partial charge in [0, 0.05) is 25.2 Å². The van der Waals surface area contributed by atoms with E-state index in [0.717, 1.165) is 18.9 Å². The van der Waals surface area contributed by atoms with Crippen LogP contribution in [0.25, 0.3) is 0 Å². The van der Waals surface area contributed by atoms with Gasteiger partial charge in [-0.3, -0.25) is 4.79 Å². The zero-order valence-electron chi connectivity index (χ0n) is 11.2. The summed E-state index contributed by atoms with van der Waals surface area (Å²) < 4.78 is 18.3. The fourth-order valence-corrected chi connectivity index (χ4v) is 2.54. The first kappa shape index (κ1) is 14.2. The topological polar surface area (TPSA) is 26.3 Å². The second-order valence-corrected chi connectivity index (χ2v) is 5.26. The van der Waals surface area contributed by atoms with Crippen LogP contribution in [0.1, 0.15) is 48.9 Å². The average molecular weight is 264 g/mol. The van der Waals surface area contributed by atoms with Crippen LogP contribution in [0.5, 0.6) is 0 Å². The quantitative estimate of drug-likeness (QED) is 0.549. The van der Waals surface area contributed by atoms with Crippen molar-refractivity contribution < 1.29 is 13.9 Å². The Morgan fingerprint density at radius 2 is 1.89 bits per heavy atom. The third kappa shape index (κ3) is 4.75. The van der Waals surface area contributed by atoms with Crippen molar-refractivity contribution in [1.29, 1.82) is 0 Å². The highest BCUT2D eigenvalue weighted by Crippen LogP contribution is 2.24. The van der Waals surface area contributed by atoms with Crippen LogP contribution in [0, 0.1) is 11.7 Å². The first-order chi connectivity index (χ1) is 9.25. The van der Waals surface area contributed by atoms with Crippen LogP contribution in [0.3, 0.4) is 0 Å². The lowest BCUT2D eigenvalue weighted by Gasteiger charge is -2.09.